The van der Waals surface area contributed by atoms with Crippen molar-refractivity contribution in [3.63, 3.8) is 0 Å². The zero-order valence-corrected chi connectivity index (χ0v) is 17.8. The number of alkyl halides is 2. The van der Waals surface area contributed by atoms with E-state index in [1.165, 1.54) is 6.20 Å². The summed E-state index contributed by atoms with van der Waals surface area (Å²) in [6.07, 6.45) is 4.40. The van der Waals surface area contributed by atoms with Gasteiger partial charge in [0.15, 0.2) is 0 Å². The average molecular weight is 439 g/mol. The van der Waals surface area contributed by atoms with Crippen molar-refractivity contribution < 1.29 is 13.6 Å². The lowest BCUT2D eigenvalue weighted by Crippen LogP contribution is -2.23. The standard InChI is InChI=1S/C22H23F2N7O/c1-13(2)31-12-27-11-18(31)17-5-4-6-19(29-17)30-22(32)16(20(25)21(23)24)10-28-15-7-14(3)8-26-9-15/h4-13,21H,25H2,1-3H3,(H,29,30,32)/b20-16+,28-10?. The van der Waals surface area contributed by atoms with Gasteiger partial charge in [0.1, 0.15) is 5.82 Å². The lowest BCUT2D eigenvalue weighted by Gasteiger charge is -2.12. The molecule has 3 N–H and O–H groups in total. The third-order valence-electron chi connectivity index (χ3n) is 4.47. The second-order valence-corrected chi connectivity index (χ2v) is 7.29. The van der Waals surface area contributed by atoms with Crippen LogP contribution in [0.4, 0.5) is 20.3 Å². The number of anilines is 1. The number of hydrogen-bond donors (Lipinski definition) is 2. The number of imidazole rings is 1. The van der Waals surface area contributed by atoms with Crippen molar-refractivity contribution in [3.05, 3.63) is 66.0 Å². The van der Waals surface area contributed by atoms with Gasteiger partial charge in [-0.15, -0.1) is 0 Å². The van der Waals surface area contributed by atoms with Crippen LogP contribution in [0.25, 0.3) is 11.4 Å². The Morgan fingerprint density at radius 1 is 1.22 bits per heavy atom. The Morgan fingerprint density at radius 2 is 2.00 bits per heavy atom. The summed E-state index contributed by atoms with van der Waals surface area (Å²) >= 11 is 0. The Bertz CT molecular complexity index is 1170. The maximum atomic E-state index is 13.3. The SMILES string of the molecule is Cc1cncc(N=C/C(C(=O)Nc2cccc(-c3cncn3C(C)C)n2)=C(\N)C(F)F)c1. The third kappa shape index (κ3) is 5.39. The molecule has 0 aliphatic rings. The van der Waals surface area contributed by atoms with E-state index in [4.69, 9.17) is 5.73 Å². The van der Waals surface area contributed by atoms with Crippen LogP contribution in [0.15, 0.2) is 65.4 Å². The third-order valence-corrected chi connectivity index (χ3v) is 4.47. The lowest BCUT2D eigenvalue weighted by atomic mass is 10.2. The number of rotatable bonds is 7. The molecule has 166 valence electrons. The fraction of sp³-hybridized carbons (Fsp3) is 0.227. The number of halogens is 2. The molecule has 32 heavy (non-hydrogen) atoms. The molecule has 8 nitrogen and oxygen atoms in total. The van der Waals surface area contributed by atoms with E-state index in [2.05, 4.69) is 25.3 Å². The van der Waals surface area contributed by atoms with Crippen LogP contribution in [-0.4, -0.2) is 38.1 Å². The minimum Gasteiger partial charge on any atom is -0.397 e. The molecule has 0 spiro atoms. The molecule has 0 unspecified atom stereocenters. The summed E-state index contributed by atoms with van der Waals surface area (Å²) in [5.74, 6) is -0.677. The van der Waals surface area contributed by atoms with Crippen LogP contribution in [0.3, 0.4) is 0 Å². The van der Waals surface area contributed by atoms with E-state index in [-0.39, 0.29) is 11.9 Å². The Morgan fingerprint density at radius 3 is 2.69 bits per heavy atom. The normalized spacial score (nSPS) is 12.5. The molecule has 1 amide bonds. The number of aliphatic imine (C=N–C) groups is 1. The highest BCUT2D eigenvalue weighted by molar-refractivity contribution is 6.18. The first-order valence-corrected chi connectivity index (χ1v) is 9.80. The van der Waals surface area contributed by atoms with Crippen LogP contribution < -0.4 is 11.1 Å². The number of carbonyl (C=O) groups is 1. The molecule has 0 aromatic carbocycles. The van der Waals surface area contributed by atoms with Gasteiger partial charge in [0.2, 0.25) is 0 Å². The molecule has 0 bridgehead atoms. The first kappa shape index (κ1) is 22.7. The van der Waals surface area contributed by atoms with Gasteiger partial charge in [0.05, 0.1) is 47.1 Å². The molecular weight excluding hydrogens is 416 g/mol. The Kier molecular flexibility index (Phi) is 7.04. The van der Waals surface area contributed by atoms with Crippen LogP contribution in [0.1, 0.15) is 25.5 Å². The molecule has 0 aliphatic heterocycles. The Balaban J connectivity index is 1.88. The van der Waals surface area contributed by atoms with Crippen LogP contribution in [0.5, 0.6) is 0 Å². The Labute approximate surface area is 183 Å². The summed E-state index contributed by atoms with van der Waals surface area (Å²) < 4.78 is 28.5. The highest BCUT2D eigenvalue weighted by atomic mass is 19.3. The highest BCUT2D eigenvalue weighted by Gasteiger charge is 2.19. The highest BCUT2D eigenvalue weighted by Crippen LogP contribution is 2.22. The van der Waals surface area contributed by atoms with E-state index >= 15 is 0 Å². The zero-order chi connectivity index (χ0) is 23.3. The van der Waals surface area contributed by atoms with Crippen molar-refractivity contribution in [1.29, 1.82) is 0 Å². The van der Waals surface area contributed by atoms with Crippen molar-refractivity contribution in [2.24, 2.45) is 10.7 Å². The van der Waals surface area contributed by atoms with E-state index in [0.29, 0.717) is 11.4 Å². The molecule has 0 fully saturated rings. The maximum Gasteiger partial charge on any atom is 0.278 e. The monoisotopic (exact) mass is 439 g/mol. The second kappa shape index (κ2) is 9.90. The summed E-state index contributed by atoms with van der Waals surface area (Å²) in [6.45, 7) is 5.82. The van der Waals surface area contributed by atoms with Crippen molar-refractivity contribution in [2.45, 2.75) is 33.2 Å². The summed E-state index contributed by atoms with van der Waals surface area (Å²) in [7, 11) is 0. The van der Waals surface area contributed by atoms with Gasteiger partial charge in [0.25, 0.3) is 12.3 Å². The van der Waals surface area contributed by atoms with E-state index in [0.717, 1.165) is 17.5 Å². The van der Waals surface area contributed by atoms with Gasteiger partial charge in [-0.05, 0) is 44.5 Å². The van der Waals surface area contributed by atoms with E-state index in [9.17, 15) is 13.6 Å². The number of pyridine rings is 2. The number of nitrogens with one attached hydrogen (secondary N) is 1. The summed E-state index contributed by atoms with van der Waals surface area (Å²) in [5, 5.41) is 2.52. The molecule has 3 aromatic rings. The first-order valence-electron chi connectivity index (χ1n) is 9.80. The smallest absolute Gasteiger partial charge is 0.278 e. The summed E-state index contributed by atoms with van der Waals surface area (Å²) in [5.41, 5.74) is 6.71. The van der Waals surface area contributed by atoms with Crippen LogP contribution in [0.2, 0.25) is 0 Å². The fourth-order valence-corrected chi connectivity index (χ4v) is 2.88. The number of aromatic nitrogens is 4. The molecule has 0 aliphatic carbocycles. The largest absolute Gasteiger partial charge is 0.397 e. The van der Waals surface area contributed by atoms with Gasteiger partial charge in [-0.2, -0.15) is 0 Å². The fourth-order valence-electron chi connectivity index (χ4n) is 2.88. The number of nitrogens with two attached hydrogens (primary N) is 1. The topological polar surface area (TPSA) is 111 Å². The number of carbonyl (C=O) groups excluding carboxylic acids is 1. The van der Waals surface area contributed by atoms with Gasteiger partial charge in [-0.1, -0.05) is 6.07 Å². The van der Waals surface area contributed by atoms with Crippen molar-refractivity contribution >= 4 is 23.6 Å². The molecule has 0 atom stereocenters. The molecular formula is C22H23F2N7O. The number of nitrogens with zero attached hydrogens (tertiary/aromatic N) is 5. The van der Waals surface area contributed by atoms with Gasteiger partial charge < -0.3 is 15.6 Å². The number of hydrogen-bond acceptors (Lipinski definition) is 6. The molecule has 10 heteroatoms. The molecule has 3 aromatic heterocycles. The van der Waals surface area contributed by atoms with Gasteiger partial charge in [0, 0.05) is 18.5 Å². The van der Waals surface area contributed by atoms with Gasteiger partial charge >= 0.3 is 0 Å². The minimum atomic E-state index is -3.03. The van der Waals surface area contributed by atoms with E-state index in [1.54, 1.807) is 43.0 Å². The van der Waals surface area contributed by atoms with Crippen molar-refractivity contribution in [1.82, 2.24) is 19.5 Å². The summed E-state index contributed by atoms with van der Waals surface area (Å²) in [4.78, 5) is 29.4. The predicted octanol–water partition coefficient (Wildman–Crippen LogP) is 4.05. The quantitative estimate of drug-likeness (QED) is 0.426. The molecule has 0 saturated carbocycles. The van der Waals surface area contributed by atoms with Crippen LogP contribution in [0, 0.1) is 6.92 Å². The van der Waals surface area contributed by atoms with Crippen LogP contribution in [-0.2, 0) is 4.79 Å². The lowest BCUT2D eigenvalue weighted by molar-refractivity contribution is -0.112. The zero-order valence-electron chi connectivity index (χ0n) is 17.8. The number of amides is 1. The Hall–Kier alpha value is -3.95. The second-order valence-electron chi connectivity index (χ2n) is 7.29. The summed E-state index contributed by atoms with van der Waals surface area (Å²) in [6, 6.07) is 6.86. The minimum absolute atomic E-state index is 0.153. The molecule has 0 saturated heterocycles. The van der Waals surface area contributed by atoms with Crippen molar-refractivity contribution in [2.75, 3.05) is 5.32 Å². The van der Waals surface area contributed by atoms with Gasteiger partial charge in [-0.25, -0.2) is 18.7 Å². The molecule has 0 radical (unpaired) electrons. The number of aryl methyl sites for hydroxylation is 1. The van der Waals surface area contributed by atoms with Crippen LogP contribution >= 0.6 is 0 Å². The maximum absolute atomic E-state index is 13.3. The number of allylic oxidation sites excluding steroid dienone is 1. The first-order chi connectivity index (χ1) is 15.3. The predicted molar refractivity (Wildman–Crippen MR) is 119 cm³/mol. The molecule has 3 heterocycles. The average Bonchev–Trinajstić information content (AvgIpc) is 3.24. The van der Waals surface area contributed by atoms with E-state index < -0.39 is 23.6 Å². The molecule has 3 rings (SSSR count). The van der Waals surface area contributed by atoms with E-state index in [1.807, 2.05) is 25.3 Å². The van der Waals surface area contributed by atoms with Crippen molar-refractivity contribution in [3.8, 4) is 11.4 Å². The van der Waals surface area contributed by atoms with Gasteiger partial charge in [-0.3, -0.25) is 14.8 Å².